The van der Waals surface area contributed by atoms with Gasteiger partial charge in [0.2, 0.25) is 0 Å². The Balaban J connectivity index is 0.998. The Morgan fingerprint density at radius 2 is 0.832 bits per heavy atom. The van der Waals surface area contributed by atoms with Gasteiger partial charge >= 0.3 is 0 Å². The molecule has 0 unspecified atom stereocenters. The number of benzene rings is 11. The van der Waals surface area contributed by atoms with Crippen LogP contribution in [0.15, 0.2) is 223 Å². The van der Waals surface area contributed by atoms with Crippen LogP contribution >= 0.6 is 0 Å². The lowest BCUT2D eigenvalue weighted by atomic mass is 9.33. The molecule has 12 aromatic rings. The summed E-state index contributed by atoms with van der Waals surface area (Å²) in [6, 6.07) is 81.8. The van der Waals surface area contributed by atoms with Crippen LogP contribution in [0.5, 0.6) is 23.0 Å². The molecule has 16 rings (SSSR count). The van der Waals surface area contributed by atoms with E-state index in [1.54, 1.807) is 0 Å². The molecule has 0 saturated heterocycles. The molecular formula is C86H80BN3O5. The number of furan rings is 1. The van der Waals surface area contributed by atoms with Crippen LogP contribution in [0.2, 0.25) is 0 Å². The Labute approximate surface area is 559 Å². The smallest absolute Gasteiger partial charge is 0.252 e. The van der Waals surface area contributed by atoms with Gasteiger partial charge in [-0.15, -0.1) is 0 Å². The van der Waals surface area contributed by atoms with Crippen molar-refractivity contribution in [3.63, 3.8) is 0 Å². The summed E-state index contributed by atoms with van der Waals surface area (Å²) in [5.41, 5.74) is 24.0. The number of ether oxygens (including phenoxy) is 4. The molecule has 9 heteroatoms. The van der Waals surface area contributed by atoms with Crippen molar-refractivity contribution in [2.45, 2.75) is 105 Å². The number of hydrogen-bond acceptors (Lipinski definition) is 8. The van der Waals surface area contributed by atoms with E-state index in [1.165, 1.54) is 33.2 Å². The minimum Gasteiger partial charge on any atom is -0.486 e. The summed E-state index contributed by atoms with van der Waals surface area (Å²) >= 11 is 0. The Bertz CT molecular complexity index is 4910. The highest BCUT2D eigenvalue weighted by atomic mass is 16.6. The minimum absolute atomic E-state index is 0.00950. The van der Waals surface area contributed by atoms with Gasteiger partial charge in [-0.05, 0) is 190 Å². The molecule has 0 fully saturated rings. The molecule has 0 spiro atoms. The first kappa shape index (κ1) is 59.9. The number of fused-ring (bicyclic) bond motifs is 8. The molecule has 0 amide bonds. The second-order valence-corrected chi connectivity index (χ2v) is 30.4. The molecule has 472 valence electrons. The van der Waals surface area contributed by atoms with Crippen LogP contribution in [-0.4, -0.2) is 33.1 Å². The predicted octanol–water partition coefficient (Wildman–Crippen LogP) is 20.9. The Kier molecular flexibility index (Phi) is 14.0. The van der Waals surface area contributed by atoms with Gasteiger partial charge in [0, 0.05) is 62.9 Å². The van der Waals surface area contributed by atoms with Gasteiger partial charge in [0.05, 0.1) is 11.4 Å². The number of para-hydroxylation sites is 1. The van der Waals surface area contributed by atoms with Gasteiger partial charge in [0.15, 0.2) is 23.0 Å². The van der Waals surface area contributed by atoms with E-state index in [9.17, 15) is 0 Å². The number of nitrogens with zero attached hydrogens (tertiary/aromatic N) is 3. The van der Waals surface area contributed by atoms with Crippen molar-refractivity contribution in [2.75, 3.05) is 41.1 Å². The van der Waals surface area contributed by atoms with Crippen LogP contribution in [0.3, 0.4) is 0 Å². The maximum atomic E-state index is 6.60. The van der Waals surface area contributed by atoms with Crippen molar-refractivity contribution in [2.24, 2.45) is 0 Å². The quantitative estimate of drug-likeness (QED) is 0.140. The fraction of sp³-hybridized carbons (Fsp3) is 0.233. The third-order valence-electron chi connectivity index (χ3n) is 19.8. The maximum absolute atomic E-state index is 6.60. The molecule has 4 aliphatic rings. The minimum atomic E-state index is -0.249. The van der Waals surface area contributed by atoms with E-state index in [0.717, 1.165) is 123 Å². The van der Waals surface area contributed by atoms with Crippen LogP contribution in [-0.2, 0) is 21.7 Å². The third-order valence-corrected chi connectivity index (χ3v) is 19.8. The van der Waals surface area contributed by atoms with Gasteiger partial charge in [-0.25, -0.2) is 0 Å². The lowest BCUT2D eigenvalue weighted by molar-refractivity contribution is 0.171. The standard InChI is InChI=1S/C86H80BN3O5/c1-83(2,3)61-24-19-53(20-25-61)59-42-60(54-21-26-62(27-22-54)84(4,5)6)45-68(44-59)90-72-35-30-64(86(10,11)12)47-70(72)87-71-51-80-81(94-40-39-93-80)52-73(71)89(67-34-36-77-79(50-67)92-38-37-91-77)74-48-69(49-75(90)82(74)87)88(65-32-28-63(29-33-65)85(7,8)9)66-31-23-55-41-58(18-17-56(55)43-66)78-46-57-15-13-14-16-76(57)95-78/h13-36,41-52H,37-40H2,1-12H3. The summed E-state index contributed by atoms with van der Waals surface area (Å²) in [5.74, 6) is 3.74. The molecule has 95 heavy (non-hydrogen) atoms. The van der Waals surface area contributed by atoms with Crippen molar-refractivity contribution in [1.82, 2.24) is 0 Å². The SMILES string of the molecule is CC(C)(C)c1ccc(-c2cc(-c3ccc(C(C)(C)C)cc3)cc(N3c4ccc(C(C)(C)C)cc4B4c5cc6c(cc5N(c5ccc7c(c5)OCCO7)c5cc(N(c7ccc(C(C)(C)C)cc7)c7ccc8cc(-c9cc%10ccccc%10o9)ccc8c7)cc3c54)OCCO6)c2)cc1. The molecule has 0 saturated carbocycles. The van der Waals surface area contributed by atoms with Crippen molar-refractivity contribution in [1.29, 1.82) is 0 Å². The van der Waals surface area contributed by atoms with Crippen LogP contribution in [0.4, 0.5) is 51.2 Å². The topological polar surface area (TPSA) is 59.8 Å². The van der Waals surface area contributed by atoms with E-state index in [2.05, 4.69) is 304 Å². The van der Waals surface area contributed by atoms with Crippen molar-refractivity contribution in [3.8, 4) is 56.6 Å². The highest BCUT2D eigenvalue weighted by Gasteiger charge is 2.46. The first-order valence-electron chi connectivity index (χ1n) is 33.6. The summed E-state index contributed by atoms with van der Waals surface area (Å²) in [7, 11) is 0. The molecule has 11 aromatic carbocycles. The summed E-state index contributed by atoms with van der Waals surface area (Å²) in [6.07, 6.45) is 0. The summed E-state index contributed by atoms with van der Waals surface area (Å²) in [6.45, 7) is 29.1. The molecule has 4 aliphatic heterocycles. The Hall–Kier alpha value is -10.1. The van der Waals surface area contributed by atoms with Crippen LogP contribution in [0, 0.1) is 0 Å². The fourth-order valence-electron chi connectivity index (χ4n) is 14.4. The molecule has 0 atom stereocenters. The maximum Gasteiger partial charge on any atom is 0.252 e. The summed E-state index contributed by atoms with van der Waals surface area (Å²) in [5, 5.41) is 3.31. The summed E-state index contributed by atoms with van der Waals surface area (Å²) in [4.78, 5) is 7.47. The van der Waals surface area contributed by atoms with Gasteiger partial charge in [0.25, 0.3) is 6.71 Å². The second-order valence-electron chi connectivity index (χ2n) is 30.4. The van der Waals surface area contributed by atoms with Crippen molar-refractivity contribution in [3.05, 3.63) is 241 Å². The first-order valence-corrected chi connectivity index (χ1v) is 33.6. The predicted molar refractivity (Wildman–Crippen MR) is 396 cm³/mol. The molecule has 8 nitrogen and oxygen atoms in total. The monoisotopic (exact) mass is 1250 g/mol. The summed E-state index contributed by atoms with van der Waals surface area (Å²) < 4.78 is 32.4. The molecule has 0 radical (unpaired) electrons. The van der Waals surface area contributed by atoms with E-state index >= 15 is 0 Å². The third kappa shape index (κ3) is 10.7. The van der Waals surface area contributed by atoms with Gasteiger partial charge in [-0.1, -0.05) is 192 Å². The highest BCUT2D eigenvalue weighted by Crippen LogP contribution is 2.52. The lowest BCUT2D eigenvalue weighted by Crippen LogP contribution is -2.61. The average Bonchev–Trinajstić information content (AvgIpc) is 1.26. The van der Waals surface area contributed by atoms with Crippen LogP contribution < -0.4 is 50.0 Å². The zero-order valence-corrected chi connectivity index (χ0v) is 56.6. The number of hydrogen-bond donors (Lipinski definition) is 0. The van der Waals surface area contributed by atoms with Gasteiger partial charge < -0.3 is 38.1 Å². The van der Waals surface area contributed by atoms with Crippen LogP contribution in [0.25, 0.3) is 55.3 Å². The zero-order valence-electron chi connectivity index (χ0n) is 56.6. The first-order chi connectivity index (χ1) is 45.6. The van der Waals surface area contributed by atoms with Gasteiger partial charge in [0.1, 0.15) is 37.8 Å². The van der Waals surface area contributed by atoms with Crippen molar-refractivity contribution >= 4 is 96.0 Å². The van der Waals surface area contributed by atoms with Gasteiger partial charge in [-0.3, -0.25) is 0 Å². The average molecular weight is 1250 g/mol. The molecule has 0 bridgehead atoms. The molecular weight excluding hydrogens is 1170 g/mol. The van der Waals surface area contributed by atoms with E-state index in [4.69, 9.17) is 23.4 Å². The molecule has 0 N–H and O–H groups in total. The Morgan fingerprint density at radius 3 is 1.44 bits per heavy atom. The number of anilines is 9. The lowest BCUT2D eigenvalue weighted by Gasteiger charge is -2.45. The van der Waals surface area contributed by atoms with E-state index < -0.39 is 0 Å². The normalized spacial score (nSPS) is 14.2. The largest absolute Gasteiger partial charge is 0.486 e. The fourth-order valence-corrected chi connectivity index (χ4v) is 14.4. The van der Waals surface area contributed by atoms with E-state index in [0.29, 0.717) is 37.9 Å². The van der Waals surface area contributed by atoms with Gasteiger partial charge in [-0.2, -0.15) is 0 Å². The molecule has 0 aliphatic carbocycles. The molecule has 1 aromatic heterocycles. The van der Waals surface area contributed by atoms with E-state index in [1.807, 2.05) is 12.1 Å². The van der Waals surface area contributed by atoms with E-state index in [-0.39, 0.29) is 28.4 Å². The van der Waals surface area contributed by atoms with Crippen molar-refractivity contribution < 1.29 is 23.4 Å². The second kappa shape index (κ2) is 22.3. The highest BCUT2D eigenvalue weighted by molar-refractivity contribution is 7.00. The zero-order chi connectivity index (χ0) is 65.4. The number of rotatable bonds is 8. The van der Waals surface area contributed by atoms with Crippen LogP contribution in [0.1, 0.15) is 105 Å². The molecule has 5 heterocycles. The Morgan fingerprint density at radius 1 is 0.326 bits per heavy atom.